The Bertz CT molecular complexity index is 1160. The lowest BCUT2D eigenvalue weighted by molar-refractivity contribution is 0.0991. The largest absolute Gasteiger partial charge is 0.488 e. The molecule has 0 spiro atoms. The third-order valence-electron chi connectivity index (χ3n) is 5.25. The molecule has 1 N–H and O–H groups in total. The standard InChI is InChI=1S/C27H31NO5S/c1-21-14-16-25(17-15-21)34(30,31)32-20-22(2)33-27-13-7-6-11-24(27)12-8-18-28-19-26(29)23-9-4-3-5-10-23/h3-7,9-11,13-17,22,28H,8,12,18-20H2,1-2H3/t22-/m1/s1. The van der Waals surface area contributed by atoms with E-state index in [-0.39, 0.29) is 17.3 Å². The molecule has 0 fully saturated rings. The van der Waals surface area contributed by atoms with Gasteiger partial charge in [0.05, 0.1) is 11.4 Å². The van der Waals surface area contributed by atoms with E-state index in [2.05, 4.69) is 5.32 Å². The zero-order chi connectivity index (χ0) is 24.4. The van der Waals surface area contributed by atoms with E-state index in [1.807, 2.05) is 61.5 Å². The van der Waals surface area contributed by atoms with Gasteiger partial charge in [-0.15, -0.1) is 0 Å². The summed E-state index contributed by atoms with van der Waals surface area (Å²) in [6, 6.07) is 23.4. The number of para-hydroxylation sites is 1. The van der Waals surface area contributed by atoms with E-state index >= 15 is 0 Å². The summed E-state index contributed by atoms with van der Waals surface area (Å²) in [6.07, 6.45) is 1.13. The molecule has 0 bridgehead atoms. The summed E-state index contributed by atoms with van der Waals surface area (Å²) < 4.78 is 36.0. The van der Waals surface area contributed by atoms with Crippen molar-refractivity contribution in [3.63, 3.8) is 0 Å². The van der Waals surface area contributed by atoms with E-state index in [0.29, 0.717) is 24.4 Å². The molecule has 0 heterocycles. The van der Waals surface area contributed by atoms with Crippen molar-refractivity contribution in [2.24, 2.45) is 0 Å². The summed E-state index contributed by atoms with van der Waals surface area (Å²) in [7, 11) is -3.84. The van der Waals surface area contributed by atoms with E-state index in [1.54, 1.807) is 19.1 Å². The number of benzene rings is 3. The molecule has 0 aliphatic carbocycles. The SMILES string of the molecule is Cc1ccc(S(=O)(=O)OC[C@@H](C)Oc2ccccc2CCCNCC(=O)c2ccccc2)cc1. The number of hydrogen-bond donors (Lipinski definition) is 1. The third-order valence-corrected chi connectivity index (χ3v) is 6.55. The van der Waals surface area contributed by atoms with Crippen LogP contribution in [0.25, 0.3) is 0 Å². The van der Waals surface area contributed by atoms with Crippen molar-refractivity contribution < 1.29 is 22.1 Å². The fraction of sp³-hybridized carbons (Fsp3) is 0.296. The molecule has 7 heteroatoms. The summed E-state index contributed by atoms with van der Waals surface area (Å²) in [5.41, 5.74) is 2.70. The molecule has 1 atom stereocenters. The number of ketones is 1. The molecular weight excluding hydrogens is 450 g/mol. The predicted octanol–water partition coefficient (Wildman–Crippen LogP) is 4.57. The van der Waals surface area contributed by atoms with Crippen LogP contribution in [0.2, 0.25) is 0 Å². The van der Waals surface area contributed by atoms with Crippen LogP contribution in [0.15, 0.2) is 83.8 Å². The van der Waals surface area contributed by atoms with Crippen LogP contribution in [0.1, 0.15) is 34.8 Å². The molecule has 6 nitrogen and oxygen atoms in total. The maximum atomic E-state index is 12.4. The predicted molar refractivity (Wildman–Crippen MR) is 133 cm³/mol. The fourth-order valence-corrected chi connectivity index (χ4v) is 4.34. The monoisotopic (exact) mass is 481 g/mol. The van der Waals surface area contributed by atoms with Crippen LogP contribution in [-0.2, 0) is 20.7 Å². The highest BCUT2D eigenvalue weighted by Crippen LogP contribution is 2.21. The molecule has 0 aliphatic heterocycles. The van der Waals surface area contributed by atoms with Crippen molar-refractivity contribution in [3.8, 4) is 5.75 Å². The Labute approximate surface area is 202 Å². The Balaban J connectivity index is 1.45. The summed E-state index contributed by atoms with van der Waals surface area (Å²) in [5.74, 6) is 0.769. The van der Waals surface area contributed by atoms with Crippen LogP contribution in [0, 0.1) is 6.92 Å². The van der Waals surface area contributed by atoms with Gasteiger partial charge in [0.1, 0.15) is 18.5 Å². The van der Waals surface area contributed by atoms with Crippen LogP contribution in [0.5, 0.6) is 5.75 Å². The Morgan fingerprint density at radius 1 is 0.941 bits per heavy atom. The molecule has 3 rings (SSSR count). The van der Waals surface area contributed by atoms with Gasteiger partial charge in [-0.05, 0) is 57.0 Å². The maximum Gasteiger partial charge on any atom is 0.297 e. The van der Waals surface area contributed by atoms with Gasteiger partial charge in [-0.25, -0.2) is 0 Å². The van der Waals surface area contributed by atoms with Gasteiger partial charge in [0.25, 0.3) is 10.1 Å². The first-order chi connectivity index (χ1) is 16.3. The third kappa shape index (κ3) is 7.80. The molecular formula is C27H31NO5S. The second-order valence-electron chi connectivity index (χ2n) is 8.16. The normalized spacial score (nSPS) is 12.3. The van der Waals surface area contributed by atoms with Crippen molar-refractivity contribution >= 4 is 15.9 Å². The van der Waals surface area contributed by atoms with E-state index in [4.69, 9.17) is 8.92 Å². The molecule has 34 heavy (non-hydrogen) atoms. The second kappa shape index (κ2) is 12.5. The Hall–Kier alpha value is -3.00. The van der Waals surface area contributed by atoms with Crippen molar-refractivity contribution in [1.29, 1.82) is 0 Å². The number of ether oxygens (including phenoxy) is 1. The topological polar surface area (TPSA) is 81.7 Å². The zero-order valence-corrected chi connectivity index (χ0v) is 20.4. The summed E-state index contributed by atoms with van der Waals surface area (Å²) in [5, 5.41) is 3.19. The highest BCUT2D eigenvalue weighted by molar-refractivity contribution is 7.86. The van der Waals surface area contributed by atoms with Gasteiger partial charge in [-0.2, -0.15) is 8.42 Å². The first-order valence-electron chi connectivity index (χ1n) is 11.3. The number of Topliss-reactive ketones (excluding diaryl/α,β-unsaturated/α-hetero) is 1. The Kier molecular flexibility index (Phi) is 9.39. The Morgan fingerprint density at radius 2 is 1.62 bits per heavy atom. The van der Waals surface area contributed by atoms with Crippen LogP contribution < -0.4 is 10.1 Å². The first kappa shape index (κ1) is 25.6. The number of rotatable bonds is 13. The van der Waals surface area contributed by atoms with Gasteiger partial charge < -0.3 is 10.1 Å². The van der Waals surface area contributed by atoms with Gasteiger partial charge in [-0.1, -0.05) is 66.2 Å². The number of hydrogen-bond acceptors (Lipinski definition) is 6. The molecule has 180 valence electrons. The molecule has 0 unspecified atom stereocenters. The highest BCUT2D eigenvalue weighted by atomic mass is 32.2. The average molecular weight is 482 g/mol. The molecule has 3 aromatic rings. The van der Waals surface area contributed by atoms with Crippen molar-refractivity contribution in [1.82, 2.24) is 5.32 Å². The molecule has 3 aromatic carbocycles. The van der Waals surface area contributed by atoms with Crippen molar-refractivity contribution in [2.45, 2.75) is 37.7 Å². The quantitative estimate of drug-likeness (QED) is 0.219. The minimum absolute atomic E-state index is 0.0683. The smallest absolute Gasteiger partial charge is 0.297 e. The zero-order valence-electron chi connectivity index (χ0n) is 19.6. The Morgan fingerprint density at radius 3 is 2.35 bits per heavy atom. The molecule has 0 saturated carbocycles. The molecule has 0 saturated heterocycles. The number of nitrogens with one attached hydrogen (secondary N) is 1. The van der Waals surface area contributed by atoms with Gasteiger partial charge in [0.2, 0.25) is 0 Å². The van der Waals surface area contributed by atoms with Gasteiger partial charge in [0, 0.05) is 5.56 Å². The minimum atomic E-state index is -3.84. The summed E-state index contributed by atoms with van der Waals surface area (Å²) in [6.45, 7) is 4.57. The van der Waals surface area contributed by atoms with Crippen molar-refractivity contribution in [3.05, 3.63) is 95.6 Å². The van der Waals surface area contributed by atoms with Crippen LogP contribution in [0.3, 0.4) is 0 Å². The maximum absolute atomic E-state index is 12.4. The molecule has 0 radical (unpaired) electrons. The lowest BCUT2D eigenvalue weighted by atomic mass is 10.1. The van der Waals surface area contributed by atoms with Gasteiger partial charge in [-0.3, -0.25) is 8.98 Å². The molecule has 0 amide bonds. The van der Waals surface area contributed by atoms with E-state index in [1.165, 1.54) is 12.1 Å². The molecule has 0 aliphatic rings. The number of carbonyl (C=O) groups is 1. The summed E-state index contributed by atoms with van der Waals surface area (Å²) >= 11 is 0. The van der Waals surface area contributed by atoms with Crippen LogP contribution in [0.4, 0.5) is 0 Å². The molecule has 0 aromatic heterocycles. The van der Waals surface area contributed by atoms with Gasteiger partial charge >= 0.3 is 0 Å². The first-order valence-corrected chi connectivity index (χ1v) is 12.8. The van der Waals surface area contributed by atoms with E-state index in [0.717, 1.165) is 24.0 Å². The van der Waals surface area contributed by atoms with Gasteiger partial charge in [0.15, 0.2) is 5.78 Å². The lowest BCUT2D eigenvalue weighted by Crippen LogP contribution is -2.24. The minimum Gasteiger partial charge on any atom is -0.488 e. The van der Waals surface area contributed by atoms with E-state index < -0.39 is 16.2 Å². The highest BCUT2D eigenvalue weighted by Gasteiger charge is 2.18. The number of carbonyl (C=O) groups excluding carboxylic acids is 1. The fourth-order valence-electron chi connectivity index (χ4n) is 3.37. The number of aryl methyl sites for hydroxylation is 2. The lowest BCUT2D eigenvalue weighted by Gasteiger charge is -2.17. The van der Waals surface area contributed by atoms with Crippen LogP contribution in [-0.4, -0.2) is 40.0 Å². The van der Waals surface area contributed by atoms with Crippen molar-refractivity contribution in [2.75, 3.05) is 19.7 Å². The van der Waals surface area contributed by atoms with Crippen LogP contribution >= 0.6 is 0 Å². The average Bonchev–Trinajstić information content (AvgIpc) is 2.84. The van der Waals surface area contributed by atoms with E-state index in [9.17, 15) is 13.2 Å². The summed E-state index contributed by atoms with van der Waals surface area (Å²) in [4.78, 5) is 12.3. The second-order valence-corrected chi connectivity index (χ2v) is 9.77.